The van der Waals surface area contributed by atoms with Gasteiger partial charge in [0.1, 0.15) is 17.5 Å². The van der Waals surface area contributed by atoms with E-state index in [0.717, 1.165) is 29.9 Å². The minimum atomic E-state index is -0.477. The lowest BCUT2D eigenvalue weighted by atomic mass is 9.94. The minimum absolute atomic E-state index is 0.242. The second kappa shape index (κ2) is 11.3. The Morgan fingerprint density at radius 2 is 2.00 bits per heavy atom. The summed E-state index contributed by atoms with van der Waals surface area (Å²) < 4.78 is 13.1. The summed E-state index contributed by atoms with van der Waals surface area (Å²) in [6, 6.07) is 14.7. The standard InChI is InChI=1S/C26H31N5O3S/c1-5-14-34-19-11-9-10-18(16-19)23-22(24(32)28-20-12-7-8-13-21(20)33-4)17(3)27-25-29-26(30-31(23)25)35-15-6-2/h7-13,16,23H,5-6,14-15H2,1-4H3,(H,28,32)(H,27,29,30). The van der Waals surface area contributed by atoms with Crippen LogP contribution in [0.4, 0.5) is 11.6 Å². The van der Waals surface area contributed by atoms with Crippen LogP contribution in [0.2, 0.25) is 0 Å². The van der Waals surface area contributed by atoms with Crippen LogP contribution in [0.3, 0.4) is 0 Å². The number of thioether (sulfide) groups is 1. The molecule has 0 aliphatic carbocycles. The first-order valence-corrected chi connectivity index (χ1v) is 12.8. The van der Waals surface area contributed by atoms with E-state index in [1.165, 1.54) is 0 Å². The Labute approximate surface area is 210 Å². The second-order valence-corrected chi connectivity index (χ2v) is 9.21. The Kier molecular flexibility index (Phi) is 7.97. The van der Waals surface area contributed by atoms with Gasteiger partial charge in [-0.1, -0.05) is 49.9 Å². The van der Waals surface area contributed by atoms with Gasteiger partial charge in [-0.2, -0.15) is 4.98 Å². The Bertz CT molecular complexity index is 1220. The number of hydrogen-bond acceptors (Lipinski definition) is 7. The molecule has 3 aromatic rings. The summed E-state index contributed by atoms with van der Waals surface area (Å²) in [6.45, 7) is 6.70. The van der Waals surface area contributed by atoms with Crippen LogP contribution in [0.15, 0.2) is 65.0 Å². The summed E-state index contributed by atoms with van der Waals surface area (Å²) in [5, 5.41) is 11.8. The van der Waals surface area contributed by atoms with Crippen molar-refractivity contribution in [3.63, 3.8) is 0 Å². The fraction of sp³-hybridized carbons (Fsp3) is 0.346. The number of ether oxygens (including phenoxy) is 2. The molecule has 2 aromatic carbocycles. The number of carbonyl (C=O) groups excluding carboxylic acids is 1. The Morgan fingerprint density at radius 3 is 2.77 bits per heavy atom. The third-order valence-electron chi connectivity index (χ3n) is 5.51. The van der Waals surface area contributed by atoms with Crippen LogP contribution in [0, 0.1) is 0 Å². The number of nitrogens with zero attached hydrogens (tertiary/aromatic N) is 3. The minimum Gasteiger partial charge on any atom is -0.495 e. The van der Waals surface area contributed by atoms with E-state index in [-0.39, 0.29) is 5.91 Å². The molecule has 1 atom stereocenters. The monoisotopic (exact) mass is 493 g/mol. The topological polar surface area (TPSA) is 90.3 Å². The van der Waals surface area contributed by atoms with Gasteiger partial charge in [-0.15, -0.1) is 5.10 Å². The van der Waals surface area contributed by atoms with Gasteiger partial charge in [-0.3, -0.25) is 4.79 Å². The molecule has 1 amide bonds. The van der Waals surface area contributed by atoms with Crippen molar-refractivity contribution >= 4 is 29.3 Å². The van der Waals surface area contributed by atoms with Gasteiger partial charge in [0.05, 0.1) is 25.0 Å². The van der Waals surface area contributed by atoms with Gasteiger partial charge in [0.2, 0.25) is 11.1 Å². The highest BCUT2D eigenvalue weighted by Gasteiger charge is 2.35. The maximum Gasteiger partial charge on any atom is 0.255 e. The van der Waals surface area contributed by atoms with Crippen molar-refractivity contribution in [2.75, 3.05) is 30.1 Å². The smallest absolute Gasteiger partial charge is 0.255 e. The van der Waals surface area contributed by atoms with Crippen molar-refractivity contribution in [3.8, 4) is 11.5 Å². The molecule has 4 rings (SSSR count). The number of para-hydroxylation sites is 2. The summed E-state index contributed by atoms with van der Waals surface area (Å²) in [7, 11) is 1.58. The quantitative estimate of drug-likeness (QED) is 0.360. The highest BCUT2D eigenvalue weighted by molar-refractivity contribution is 7.99. The lowest BCUT2D eigenvalue weighted by Gasteiger charge is -2.29. The van der Waals surface area contributed by atoms with Crippen LogP contribution >= 0.6 is 11.8 Å². The molecule has 8 nitrogen and oxygen atoms in total. The predicted octanol–water partition coefficient (Wildman–Crippen LogP) is 5.51. The van der Waals surface area contributed by atoms with E-state index in [4.69, 9.17) is 14.6 Å². The highest BCUT2D eigenvalue weighted by atomic mass is 32.2. The van der Waals surface area contributed by atoms with Gasteiger partial charge < -0.3 is 20.1 Å². The van der Waals surface area contributed by atoms with Crippen molar-refractivity contribution < 1.29 is 14.3 Å². The molecule has 0 saturated carbocycles. The molecule has 1 aliphatic heterocycles. The van der Waals surface area contributed by atoms with E-state index < -0.39 is 6.04 Å². The van der Waals surface area contributed by atoms with Gasteiger partial charge >= 0.3 is 0 Å². The molecule has 0 saturated heterocycles. The van der Waals surface area contributed by atoms with Gasteiger partial charge in [0, 0.05) is 11.4 Å². The zero-order valence-electron chi connectivity index (χ0n) is 20.5. The number of methoxy groups -OCH3 is 1. The van der Waals surface area contributed by atoms with Crippen LogP contribution in [-0.2, 0) is 4.79 Å². The number of fused-ring (bicyclic) bond motifs is 1. The van der Waals surface area contributed by atoms with E-state index in [0.29, 0.717) is 40.4 Å². The molecule has 2 N–H and O–H groups in total. The number of amides is 1. The van der Waals surface area contributed by atoms with E-state index >= 15 is 0 Å². The normalized spacial score (nSPS) is 14.8. The maximum absolute atomic E-state index is 13.7. The SMILES string of the molecule is CCCOc1cccc(C2C(C(=O)Nc3ccccc3OC)=C(C)Nc3nc(SCCC)nn32)c1. The molecule has 9 heteroatoms. The molecule has 0 fully saturated rings. The average molecular weight is 494 g/mol. The molecule has 1 aromatic heterocycles. The molecular weight excluding hydrogens is 462 g/mol. The number of nitrogens with one attached hydrogen (secondary N) is 2. The number of carbonyl (C=O) groups is 1. The Hall–Kier alpha value is -3.46. The number of hydrogen-bond donors (Lipinski definition) is 2. The number of rotatable bonds is 10. The van der Waals surface area contributed by atoms with Crippen LogP contribution in [-0.4, -0.2) is 40.1 Å². The first-order chi connectivity index (χ1) is 17.0. The maximum atomic E-state index is 13.7. The van der Waals surface area contributed by atoms with E-state index in [2.05, 4.69) is 29.5 Å². The largest absolute Gasteiger partial charge is 0.495 e. The van der Waals surface area contributed by atoms with E-state index in [1.54, 1.807) is 23.6 Å². The Morgan fingerprint density at radius 1 is 1.17 bits per heavy atom. The molecule has 2 heterocycles. The lowest BCUT2D eigenvalue weighted by molar-refractivity contribution is -0.113. The first-order valence-electron chi connectivity index (χ1n) is 11.8. The van der Waals surface area contributed by atoms with Crippen molar-refractivity contribution in [3.05, 3.63) is 65.4 Å². The first kappa shape index (κ1) is 24.7. The molecule has 0 spiro atoms. The predicted molar refractivity (Wildman–Crippen MR) is 139 cm³/mol. The molecule has 0 bridgehead atoms. The molecule has 184 valence electrons. The summed E-state index contributed by atoms with van der Waals surface area (Å²) in [5.74, 6) is 2.64. The zero-order chi connectivity index (χ0) is 24.8. The Balaban J connectivity index is 1.76. The zero-order valence-corrected chi connectivity index (χ0v) is 21.3. The molecule has 1 aliphatic rings. The number of allylic oxidation sites excluding steroid dienone is 1. The van der Waals surface area contributed by atoms with Gasteiger partial charge in [0.25, 0.3) is 5.91 Å². The van der Waals surface area contributed by atoms with Crippen molar-refractivity contribution in [2.24, 2.45) is 0 Å². The van der Waals surface area contributed by atoms with Gasteiger partial charge in [0.15, 0.2) is 0 Å². The van der Waals surface area contributed by atoms with Crippen LogP contribution in [0.5, 0.6) is 11.5 Å². The third-order valence-corrected chi connectivity index (χ3v) is 6.56. The van der Waals surface area contributed by atoms with Crippen LogP contribution in [0.25, 0.3) is 0 Å². The summed E-state index contributed by atoms with van der Waals surface area (Å²) in [6.07, 6.45) is 1.93. The van der Waals surface area contributed by atoms with E-state index in [9.17, 15) is 4.79 Å². The van der Waals surface area contributed by atoms with Gasteiger partial charge in [-0.05, 0) is 49.6 Å². The number of benzene rings is 2. The molecular formula is C26H31N5O3S. The molecule has 1 unspecified atom stereocenters. The lowest BCUT2D eigenvalue weighted by Crippen LogP contribution is -2.31. The van der Waals surface area contributed by atoms with Crippen LogP contribution < -0.4 is 20.1 Å². The van der Waals surface area contributed by atoms with Crippen molar-refractivity contribution in [1.29, 1.82) is 0 Å². The van der Waals surface area contributed by atoms with E-state index in [1.807, 2.05) is 55.5 Å². The van der Waals surface area contributed by atoms with Gasteiger partial charge in [-0.25, -0.2) is 4.68 Å². The van der Waals surface area contributed by atoms with Crippen molar-refractivity contribution in [1.82, 2.24) is 14.8 Å². The fourth-order valence-electron chi connectivity index (χ4n) is 3.92. The number of anilines is 2. The molecule has 0 radical (unpaired) electrons. The summed E-state index contributed by atoms with van der Waals surface area (Å²) in [4.78, 5) is 18.4. The second-order valence-electron chi connectivity index (χ2n) is 8.15. The number of aromatic nitrogens is 3. The summed E-state index contributed by atoms with van der Waals surface area (Å²) in [5.41, 5.74) is 2.76. The molecule has 35 heavy (non-hydrogen) atoms. The highest BCUT2D eigenvalue weighted by Crippen LogP contribution is 2.38. The fourth-order valence-corrected chi connectivity index (χ4v) is 4.60. The van der Waals surface area contributed by atoms with Crippen molar-refractivity contribution in [2.45, 2.75) is 44.8 Å². The third kappa shape index (κ3) is 5.45. The van der Waals surface area contributed by atoms with Crippen LogP contribution in [0.1, 0.15) is 45.2 Å². The summed E-state index contributed by atoms with van der Waals surface area (Å²) >= 11 is 1.60. The average Bonchev–Trinajstić information content (AvgIpc) is 3.28.